The molecule has 0 saturated carbocycles. The van der Waals surface area contributed by atoms with Gasteiger partial charge in [-0.05, 0) is 37.1 Å². The maximum atomic E-state index is 12.5. The van der Waals surface area contributed by atoms with Gasteiger partial charge >= 0.3 is 0 Å². The maximum absolute atomic E-state index is 12.5. The second kappa shape index (κ2) is 7.65. The highest BCUT2D eigenvalue weighted by molar-refractivity contribution is 6.42. The van der Waals surface area contributed by atoms with Crippen LogP contribution in [-0.4, -0.2) is 27.5 Å². The summed E-state index contributed by atoms with van der Waals surface area (Å²) in [4.78, 5) is 14.3. The van der Waals surface area contributed by atoms with Gasteiger partial charge in [-0.1, -0.05) is 42.6 Å². The molecule has 0 radical (unpaired) electrons. The number of halogens is 2. The van der Waals surface area contributed by atoms with Crippen molar-refractivity contribution in [2.45, 2.75) is 33.2 Å². The molecule has 0 aliphatic rings. The Morgan fingerprint density at radius 1 is 1.23 bits per heavy atom. The monoisotopic (exact) mass is 339 g/mol. The first kappa shape index (κ1) is 16.8. The molecule has 6 heteroatoms. The van der Waals surface area contributed by atoms with Crippen LogP contribution < -0.4 is 0 Å². The number of carbonyl (C=O) groups excluding carboxylic acids is 1. The lowest BCUT2D eigenvalue weighted by Crippen LogP contribution is -2.30. The number of hydrogen-bond acceptors (Lipinski definition) is 2. The van der Waals surface area contributed by atoms with Crippen LogP contribution in [0.4, 0.5) is 0 Å². The van der Waals surface area contributed by atoms with Crippen molar-refractivity contribution in [2.75, 3.05) is 6.54 Å². The van der Waals surface area contributed by atoms with Gasteiger partial charge in [-0.15, -0.1) is 0 Å². The standard InChI is InChI=1S/C16H19Cl2N3O/c1-3-5-12-9-15(20-19-12)16(22)21(4-2)10-11-6-7-13(17)14(18)8-11/h6-9H,3-5,10H2,1-2H3,(H,19,20). The highest BCUT2D eigenvalue weighted by atomic mass is 35.5. The lowest BCUT2D eigenvalue weighted by atomic mass is 10.2. The average molecular weight is 340 g/mol. The van der Waals surface area contributed by atoms with E-state index in [2.05, 4.69) is 17.1 Å². The summed E-state index contributed by atoms with van der Waals surface area (Å²) < 4.78 is 0. The molecule has 1 N–H and O–H groups in total. The van der Waals surface area contributed by atoms with Crippen molar-refractivity contribution in [3.63, 3.8) is 0 Å². The van der Waals surface area contributed by atoms with Crippen LogP contribution in [-0.2, 0) is 13.0 Å². The summed E-state index contributed by atoms with van der Waals surface area (Å²) in [6.07, 6.45) is 1.90. The zero-order valence-electron chi connectivity index (χ0n) is 12.7. The van der Waals surface area contributed by atoms with Crippen LogP contribution in [0, 0.1) is 0 Å². The van der Waals surface area contributed by atoms with Crippen molar-refractivity contribution in [3.05, 3.63) is 51.3 Å². The molecule has 0 bridgehead atoms. The Morgan fingerprint density at radius 2 is 2.00 bits per heavy atom. The topological polar surface area (TPSA) is 49.0 Å². The van der Waals surface area contributed by atoms with E-state index < -0.39 is 0 Å². The van der Waals surface area contributed by atoms with Gasteiger partial charge in [0.05, 0.1) is 10.0 Å². The van der Waals surface area contributed by atoms with Crippen LogP contribution in [0.3, 0.4) is 0 Å². The van der Waals surface area contributed by atoms with Crippen LogP contribution in [0.5, 0.6) is 0 Å². The molecule has 1 amide bonds. The predicted molar refractivity (Wildman–Crippen MR) is 89.5 cm³/mol. The molecule has 1 heterocycles. The van der Waals surface area contributed by atoms with E-state index in [1.807, 2.05) is 19.1 Å². The Balaban J connectivity index is 2.12. The Labute approximate surface area is 140 Å². The fraction of sp³-hybridized carbons (Fsp3) is 0.375. The Kier molecular flexibility index (Phi) is 5.86. The maximum Gasteiger partial charge on any atom is 0.274 e. The minimum absolute atomic E-state index is 0.0906. The van der Waals surface area contributed by atoms with E-state index in [1.165, 1.54) is 0 Å². The lowest BCUT2D eigenvalue weighted by molar-refractivity contribution is 0.0746. The van der Waals surface area contributed by atoms with E-state index in [0.717, 1.165) is 24.1 Å². The largest absolute Gasteiger partial charge is 0.333 e. The summed E-state index contributed by atoms with van der Waals surface area (Å²) in [6.45, 7) is 5.09. The highest BCUT2D eigenvalue weighted by Gasteiger charge is 2.18. The molecular weight excluding hydrogens is 321 g/mol. The number of nitrogens with one attached hydrogen (secondary N) is 1. The third kappa shape index (κ3) is 4.02. The molecule has 0 fully saturated rings. The number of carbonyl (C=O) groups is 1. The molecule has 0 saturated heterocycles. The number of hydrogen-bond donors (Lipinski definition) is 1. The normalized spacial score (nSPS) is 10.7. The number of aryl methyl sites for hydroxylation is 1. The van der Waals surface area contributed by atoms with Crippen molar-refractivity contribution < 1.29 is 4.79 Å². The van der Waals surface area contributed by atoms with Crippen molar-refractivity contribution in [2.24, 2.45) is 0 Å². The summed E-state index contributed by atoms with van der Waals surface area (Å²) in [7, 11) is 0. The smallest absolute Gasteiger partial charge is 0.274 e. The molecule has 0 unspecified atom stereocenters. The molecular formula is C16H19Cl2N3O. The summed E-state index contributed by atoms with van der Waals surface area (Å²) in [6, 6.07) is 7.22. The number of aromatic amines is 1. The van der Waals surface area contributed by atoms with Crippen molar-refractivity contribution in [3.8, 4) is 0 Å². The molecule has 1 aromatic carbocycles. The van der Waals surface area contributed by atoms with Gasteiger partial charge < -0.3 is 4.90 Å². The molecule has 118 valence electrons. The SMILES string of the molecule is CCCc1cc(C(=O)N(CC)Cc2ccc(Cl)c(Cl)c2)n[nH]1. The van der Waals surface area contributed by atoms with E-state index in [1.54, 1.807) is 17.0 Å². The predicted octanol–water partition coefficient (Wildman–Crippen LogP) is 4.33. The first-order chi connectivity index (χ1) is 10.5. The van der Waals surface area contributed by atoms with E-state index in [4.69, 9.17) is 23.2 Å². The summed E-state index contributed by atoms with van der Waals surface area (Å²) in [5.74, 6) is -0.0906. The van der Waals surface area contributed by atoms with Gasteiger partial charge in [0, 0.05) is 18.8 Å². The Bertz CT molecular complexity index is 655. The quantitative estimate of drug-likeness (QED) is 0.851. The van der Waals surface area contributed by atoms with Gasteiger partial charge in [0.25, 0.3) is 5.91 Å². The van der Waals surface area contributed by atoms with Gasteiger partial charge in [-0.25, -0.2) is 0 Å². The first-order valence-corrected chi connectivity index (χ1v) is 8.08. The van der Waals surface area contributed by atoms with Crippen LogP contribution in [0.25, 0.3) is 0 Å². The third-order valence-corrected chi connectivity index (χ3v) is 4.13. The average Bonchev–Trinajstić information content (AvgIpc) is 2.96. The summed E-state index contributed by atoms with van der Waals surface area (Å²) >= 11 is 11.9. The lowest BCUT2D eigenvalue weighted by Gasteiger charge is -2.20. The molecule has 0 aliphatic heterocycles. The van der Waals surface area contributed by atoms with Gasteiger partial charge in [0.1, 0.15) is 5.69 Å². The molecule has 2 aromatic rings. The molecule has 1 aromatic heterocycles. The first-order valence-electron chi connectivity index (χ1n) is 7.32. The van der Waals surface area contributed by atoms with Gasteiger partial charge in [-0.2, -0.15) is 5.10 Å². The van der Waals surface area contributed by atoms with Crippen LogP contribution in [0.2, 0.25) is 10.0 Å². The highest BCUT2D eigenvalue weighted by Crippen LogP contribution is 2.23. The Hall–Kier alpha value is -1.52. The van der Waals surface area contributed by atoms with Gasteiger partial charge in [0.15, 0.2) is 0 Å². The fourth-order valence-electron chi connectivity index (χ4n) is 2.22. The van der Waals surface area contributed by atoms with E-state index in [-0.39, 0.29) is 5.91 Å². The van der Waals surface area contributed by atoms with Crippen LogP contribution in [0.1, 0.15) is 42.0 Å². The van der Waals surface area contributed by atoms with Gasteiger partial charge in [-0.3, -0.25) is 9.89 Å². The van der Waals surface area contributed by atoms with Crippen molar-refractivity contribution >= 4 is 29.1 Å². The van der Waals surface area contributed by atoms with Crippen LogP contribution >= 0.6 is 23.2 Å². The number of nitrogens with zero attached hydrogens (tertiary/aromatic N) is 2. The Morgan fingerprint density at radius 3 is 2.64 bits per heavy atom. The molecule has 0 spiro atoms. The summed E-state index contributed by atoms with van der Waals surface area (Å²) in [5, 5.41) is 8.03. The zero-order valence-corrected chi connectivity index (χ0v) is 14.2. The molecule has 2 rings (SSSR count). The zero-order chi connectivity index (χ0) is 16.1. The minimum Gasteiger partial charge on any atom is -0.333 e. The number of amides is 1. The summed E-state index contributed by atoms with van der Waals surface area (Å²) in [5.41, 5.74) is 2.37. The molecule has 0 aliphatic carbocycles. The molecule has 22 heavy (non-hydrogen) atoms. The second-order valence-electron chi connectivity index (χ2n) is 5.10. The van der Waals surface area contributed by atoms with Gasteiger partial charge in [0.2, 0.25) is 0 Å². The van der Waals surface area contributed by atoms with Crippen molar-refractivity contribution in [1.29, 1.82) is 0 Å². The van der Waals surface area contributed by atoms with E-state index in [9.17, 15) is 4.79 Å². The second-order valence-corrected chi connectivity index (χ2v) is 5.91. The van der Waals surface area contributed by atoms with E-state index in [0.29, 0.717) is 28.8 Å². The molecule has 0 atom stereocenters. The fourth-order valence-corrected chi connectivity index (χ4v) is 2.54. The van der Waals surface area contributed by atoms with Crippen LogP contribution in [0.15, 0.2) is 24.3 Å². The van der Waals surface area contributed by atoms with Crippen molar-refractivity contribution in [1.82, 2.24) is 15.1 Å². The number of H-pyrrole nitrogens is 1. The number of aromatic nitrogens is 2. The minimum atomic E-state index is -0.0906. The number of rotatable bonds is 6. The number of benzene rings is 1. The van der Waals surface area contributed by atoms with E-state index >= 15 is 0 Å². The molecule has 4 nitrogen and oxygen atoms in total. The third-order valence-electron chi connectivity index (χ3n) is 3.40.